The molecule has 78 valence electrons. The molecule has 0 aromatic heterocycles. The minimum Gasteiger partial charge on any atom is -0.481 e. The van der Waals surface area contributed by atoms with Gasteiger partial charge in [-0.3, -0.25) is 9.59 Å². The normalized spacial score (nSPS) is 28.7. The summed E-state index contributed by atoms with van der Waals surface area (Å²) >= 11 is 0. The summed E-state index contributed by atoms with van der Waals surface area (Å²) in [5.74, 6) is -1.27. The van der Waals surface area contributed by atoms with E-state index in [2.05, 4.69) is 0 Å². The zero-order valence-corrected chi connectivity index (χ0v) is 8.11. The molecule has 0 bridgehead atoms. The van der Waals surface area contributed by atoms with Crippen molar-refractivity contribution in [2.24, 2.45) is 5.92 Å². The summed E-state index contributed by atoms with van der Waals surface area (Å²) in [5, 5.41) is 8.81. The molecule has 0 spiro atoms. The maximum atomic E-state index is 11.5. The third-order valence-electron chi connectivity index (χ3n) is 3.27. The Balaban J connectivity index is 2.00. The van der Waals surface area contributed by atoms with Crippen molar-refractivity contribution in [3.63, 3.8) is 0 Å². The van der Waals surface area contributed by atoms with Gasteiger partial charge in [-0.1, -0.05) is 12.8 Å². The van der Waals surface area contributed by atoms with Crippen LogP contribution in [0.4, 0.5) is 0 Å². The Labute approximate surface area is 82.9 Å². The molecule has 14 heavy (non-hydrogen) atoms. The van der Waals surface area contributed by atoms with Crippen LogP contribution in [0.2, 0.25) is 0 Å². The number of likely N-dealkylation sites (tertiary alicyclic amines) is 1. The monoisotopic (exact) mass is 197 g/mol. The Kier molecular flexibility index (Phi) is 2.44. The van der Waals surface area contributed by atoms with E-state index in [1.807, 2.05) is 0 Å². The van der Waals surface area contributed by atoms with E-state index in [1.54, 1.807) is 4.90 Å². The minimum absolute atomic E-state index is 0.0318. The number of aliphatic carboxylic acids is 1. The quantitative estimate of drug-likeness (QED) is 0.714. The van der Waals surface area contributed by atoms with Crippen molar-refractivity contribution in [1.29, 1.82) is 0 Å². The molecule has 4 heteroatoms. The van der Waals surface area contributed by atoms with Crippen molar-refractivity contribution < 1.29 is 14.7 Å². The lowest BCUT2D eigenvalue weighted by molar-refractivity contribution is -0.141. The average Bonchev–Trinajstić information content (AvgIpc) is 2.71. The highest BCUT2D eigenvalue weighted by Gasteiger charge is 2.38. The first-order valence-corrected chi connectivity index (χ1v) is 5.21. The van der Waals surface area contributed by atoms with Crippen LogP contribution in [0.15, 0.2) is 0 Å². The average molecular weight is 197 g/mol. The molecule has 2 fully saturated rings. The summed E-state index contributed by atoms with van der Waals surface area (Å²) in [7, 11) is 0. The van der Waals surface area contributed by atoms with Crippen LogP contribution in [0.25, 0.3) is 0 Å². The Hall–Kier alpha value is -1.06. The molecule has 4 nitrogen and oxygen atoms in total. The molecule has 1 saturated heterocycles. The summed E-state index contributed by atoms with van der Waals surface area (Å²) < 4.78 is 0. The van der Waals surface area contributed by atoms with Crippen LogP contribution in [0, 0.1) is 5.92 Å². The van der Waals surface area contributed by atoms with Gasteiger partial charge in [0.2, 0.25) is 5.91 Å². The fraction of sp³-hybridized carbons (Fsp3) is 0.800. The van der Waals surface area contributed by atoms with Crippen molar-refractivity contribution in [3.8, 4) is 0 Å². The van der Waals surface area contributed by atoms with Gasteiger partial charge in [0.05, 0.1) is 5.92 Å². The summed E-state index contributed by atoms with van der Waals surface area (Å²) in [4.78, 5) is 24.1. The highest BCUT2D eigenvalue weighted by Crippen LogP contribution is 2.29. The van der Waals surface area contributed by atoms with Crippen LogP contribution in [0.3, 0.4) is 0 Å². The number of carboxylic acid groups (broad SMARTS) is 1. The lowest BCUT2D eigenvalue weighted by Gasteiger charge is -2.23. The van der Waals surface area contributed by atoms with Crippen LogP contribution in [-0.4, -0.2) is 34.5 Å². The lowest BCUT2D eigenvalue weighted by Crippen LogP contribution is -2.35. The molecule has 1 heterocycles. The standard InChI is InChI=1S/C10H15NO3/c12-9-5-7(10(13)14)6-11(9)8-3-1-2-4-8/h7-8H,1-6H2,(H,13,14)/t7-/m1/s1. The van der Waals surface area contributed by atoms with Crippen LogP contribution in [0.5, 0.6) is 0 Å². The maximum absolute atomic E-state index is 11.5. The van der Waals surface area contributed by atoms with E-state index >= 15 is 0 Å². The second kappa shape index (κ2) is 3.59. The van der Waals surface area contributed by atoms with Gasteiger partial charge in [0.25, 0.3) is 0 Å². The number of rotatable bonds is 2. The van der Waals surface area contributed by atoms with Gasteiger partial charge in [-0.2, -0.15) is 0 Å². The molecule has 2 rings (SSSR count). The Morgan fingerprint density at radius 3 is 2.50 bits per heavy atom. The van der Waals surface area contributed by atoms with Gasteiger partial charge >= 0.3 is 5.97 Å². The van der Waals surface area contributed by atoms with E-state index in [0.717, 1.165) is 12.8 Å². The predicted molar refractivity (Wildman–Crippen MR) is 49.7 cm³/mol. The molecule has 1 amide bonds. The van der Waals surface area contributed by atoms with E-state index in [4.69, 9.17) is 5.11 Å². The van der Waals surface area contributed by atoms with Crippen LogP contribution >= 0.6 is 0 Å². The summed E-state index contributed by atoms with van der Waals surface area (Å²) in [5.41, 5.74) is 0. The molecule has 2 aliphatic rings. The molecule has 0 aromatic rings. The SMILES string of the molecule is O=C(O)[C@@H]1CC(=O)N(C2CCCC2)C1. The van der Waals surface area contributed by atoms with Crippen molar-refractivity contribution in [3.05, 3.63) is 0 Å². The molecule has 1 atom stereocenters. The highest BCUT2D eigenvalue weighted by molar-refractivity contribution is 5.86. The summed E-state index contributed by atoms with van der Waals surface area (Å²) in [6, 6.07) is 0.326. The van der Waals surface area contributed by atoms with Crippen molar-refractivity contribution in [2.45, 2.75) is 38.1 Å². The van der Waals surface area contributed by atoms with Crippen LogP contribution in [0.1, 0.15) is 32.1 Å². The fourth-order valence-corrected chi connectivity index (χ4v) is 2.47. The molecule has 1 aliphatic heterocycles. The first-order chi connectivity index (χ1) is 6.68. The lowest BCUT2D eigenvalue weighted by atomic mass is 10.1. The van der Waals surface area contributed by atoms with Crippen molar-refractivity contribution in [1.82, 2.24) is 4.90 Å². The second-order valence-corrected chi connectivity index (χ2v) is 4.22. The van der Waals surface area contributed by atoms with Crippen molar-refractivity contribution in [2.75, 3.05) is 6.54 Å². The van der Waals surface area contributed by atoms with E-state index in [1.165, 1.54) is 12.8 Å². The van der Waals surface area contributed by atoms with Crippen LogP contribution < -0.4 is 0 Å². The molecule has 0 radical (unpaired) electrons. The second-order valence-electron chi connectivity index (χ2n) is 4.22. The molecule has 0 unspecified atom stereocenters. The first kappa shape index (κ1) is 9.49. The Morgan fingerprint density at radius 2 is 2.00 bits per heavy atom. The van der Waals surface area contributed by atoms with Gasteiger partial charge in [0, 0.05) is 19.0 Å². The number of hydrogen-bond donors (Lipinski definition) is 1. The molecule has 0 aromatic carbocycles. The maximum Gasteiger partial charge on any atom is 0.308 e. The number of nitrogens with zero attached hydrogens (tertiary/aromatic N) is 1. The highest BCUT2D eigenvalue weighted by atomic mass is 16.4. The van der Waals surface area contributed by atoms with Gasteiger partial charge in [0.15, 0.2) is 0 Å². The number of amides is 1. The number of hydrogen-bond acceptors (Lipinski definition) is 2. The van der Waals surface area contributed by atoms with Gasteiger partial charge in [-0.15, -0.1) is 0 Å². The zero-order chi connectivity index (χ0) is 10.1. The fourth-order valence-electron chi connectivity index (χ4n) is 2.47. The van der Waals surface area contributed by atoms with Gasteiger partial charge in [0.1, 0.15) is 0 Å². The van der Waals surface area contributed by atoms with Gasteiger partial charge in [-0.25, -0.2) is 0 Å². The van der Waals surface area contributed by atoms with E-state index < -0.39 is 11.9 Å². The zero-order valence-electron chi connectivity index (χ0n) is 8.11. The van der Waals surface area contributed by atoms with E-state index in [-0.39, 0.29) is 12.3 Å². The van der Waals surface area contributed by atoms with Gasteiger partial charge in [-0.05, 0) is 12.8 Å². The number of carbonyl (C=O) groups excluding carboxylic acids is 1. The molecule has 1 aliphatic carbocycles. The third kappa shape index (κ3) is 1.61. The molecular formula is C10H15NO3. The number of carboxylic acids is 1. The van der Waals surface area contributed by atoms with Crippen LogP contribution in [-0.2, 0) is 9.59 Å². The Morgan fingerprint density at radius 1 is 1.36 bits per heavy atom. The molecule has 1 saturated carbocycles. The summed E-state index contributed by atoms with van der Waals surface area (Å²) in [6.07, 6.45) is 4.65. The summed E-state index contributed by atoms with van der Waals surface area (Å²) in [6.45, 7) is 0.429. The number of carbonyl (C=O) groups is 2. The predicted octanol–water partition coefficient (Wildman–Crippen LogP) is 0.862. The minimum atomic E-state index is -0.834. The molecular weight excluding hydrogens is 182 g/mol. The van der Waals surface area contributed by atoms with Gasteiger partial charge < -0.3 is 10.0 Å². The third-order valence-corrected chi connectivity index (χ3v) is 3.27. The van der Waals surface area contributed by atoms with E-state index in [9.17, 15) is 9.59 Å². The smallest absolute Gasteiger partial charge is 0.308 e. The topological polar surface area (TPSA) is 57.6 Å². The molecule has 1 N–H and O–H groups in total. The Bertz CT molecular complexity index is 258. The van der Waals surface area contributed by atoms with Crippen molar-refractivity contribution >= 4 is 11.9 Å². The first-order valence-electron chi connectivity index (χ1n) is 5.21. The largest absolute Gasteiger partial charge is 0.481 e. The van der Waals surface area contributed by atoms with E-state index in [0.29, 0.717) is 12.6 Å².